The van der Waals surface area contributed by atoms with Crippen molar-refractivity contribution < 1.29 is 9.53 Å². The topological polar surface area (TPSA) is 44.8 Å². The summed E-state index contributed by atoms with van der Waals surface area (Å²) in [6, 6.07) is 16.1. The number of ether oxygens (including phenoxy) is 1. The van der Waals surface area contributed by atoms with E-state index < -0.39 is 0 Å². The monoisotopic (exact) mass is 401 g/mol. The first-order valence-corrected chi connectivity index (χ1v) is 10.1. The zero-order valence-corrected chi connectivity index (χ0v) is 17.3. The summed E-state index contributed by atoms with van der Waals surface area (Å²) in [4.78, 5) is 16.8. The van der Waals surface area contributed by atoms with Crippen LogP contribution in [0, 0.1) is 0 Å². The lowest BCUT2D eigenvalue weighted by Gasteiger charge is -2.29. The van der Waals surface area contributed by atoms with Gasteiger partial charge in [-0.3, -0.25) is 9.69 Å². The van der Waals surface area contributed by atoms with E-state index in [1.54, 1.807) is 0 Å². The van der Waals surface area contributed by atoms with Crippen LogP contribution in [0.5, 0.6) is 0 Å². The van der Waals surface area contributed by atoms with Crippen molar-refractivity contribution in [2.24, 2.45) is 0 Å². The van der Waals surface area contributed by atoms with E-state index in [1.807, 2.05) is 49.5 Å². The molecule has 6 heteroatoms. The maximum Gasteiger partial charge on any atom is 0.225 e. The molecule has 1 N–H and O–H groups in total. The molecule has 1 atom stereocenters. The van der Waals surface area contributed by atoms with Crippen LogP contribution in [0.4, 0.5) is 11.4 Å². The highest BCUT2D eigenvalue weighted by Gasteiger charge is 2.14. The molecule has 28 heavy (non-hydrogen) atoms. The summed E-state index contributed by atoms with van der Waals surface area (Å²) in [5, 5.41) is 3.72. The van der Waals surface area contributed by atoms with E-state index in [4.69, 9.17) is 16.3 Å². The average molecular weight is 402 g/mol. The Labute approximate surface area is 172 Å². The molecular weight excluding hydrogens is 374 g/mol. The van der Waals surface area contributed by atoms with Crippen molar-refractivity contribution in [3.05, 3.63) is 59.1 Å². The molecular formula is C22H28ClN3O2. The van der Waals surface area contributed by atoms with Gasteiger partial charge in [-0.1, -0.05) is 23.7 Å². The summed E-state index contributed by atoms with van der Waals surface area (Å²) in [6.45, 7) is 6.13. The first kappa shape index (κ1) is 20.6. The number of hydrogen-bond donors (Lipinski definition) is 1. The number of rotatable bonds is 7. The molecule has 1 aliphatic heterocycles. The number of halogens is 1. The number of anilines is 2. The third kappa shape index (κ3) is 5.71. The van der Waals surface area contributed by atoms with Gasteiger partial charge in [0.25, 0.3) is 0 Å². The van der Waals surface area contributed by atoms with Crippen LogP contribution in [0.15, 0.2) is 48.5 Å². The fourth-order valence-corrected chi connectivity index (χ4v) is 3.49. The summed E-state index contributed by atoms with van der Waals surface area (Å²) < 4.78 is 5.39. The first-order chi connectivity index (χ1) is 13.5. The fourth-order valence-electron chi connectivity index (χ4n) is 3.29. The van der Waals surface area contributed by atoms with Crippen LogP contribution in [0.25, 0.3) is 0 Å². The van der Waals surface area contributed by atoms with Crippen molar-refractivity contribution in [2.75, 3.05) is 50.1 Å². The summed E-state index contributed by atoms with van der Waals surface area (Å²) >= 11 is 6.08. The second kappa shape index (κ2) is 9.92. The lowest BCUT2D eigenvalue weighted by Crippen LogP contribution is -2.36. The number of benzene rings is 2. The predicted octanol–water partition coefficient (Wildman–Crippen LogP) is 4.20. The van der Waals surface area contributed by atoms with E-state index in [0.717, 1.165) is 48.3 Å². The van der Waals surface area contributed by atoms with E-state index in [9.17, 15) is 4.79 Å². The van der Waals surface area contributed by atoms with Crippen LogP contribution in [-0.2, 0) is 9.53 Å². The fraction of sp³-hybridized carbons (Fsp3) is 0.409. The molecule has 1 unspecified atom stereocenters. The van der Waals surface area contributed by atoms with Crippen LogP contribution in [0.3, 0.4) is 0 Å². The normalized spacial score (nSPS) is 15.5. The van der Waals surface area contributed by atoms with Crippen molar-refractivity contribution in [3.8, 4) is 0 Å². The van der Waals surface area contributed by atoms with Gasteiger partial charge in [0.15, 0.2) is 0 Å². The molecule has 150 valence electrons. The summed E-state index contributed by atoms with van der Waals surface area (Å²) in [7, 11) is 2.02. The SMILES string of the molecule is CC(c1cccc(Cl)c1)N(C)CCC(=O)Nc1ccc(N2CCOCC2)cc1. The molecule has 0 aromatic heterocycles. The minimum absolute atomic E-state index is 0.0178. The van der Waals surface area contributed by atoms with Crippen molar-refractivity contribution in [1.29, 1.82) is 0 Å². The van der Waals surface area contributed by atoms with Crippen LogP contribution < -0.4 is 10.2 Å². The Morgan fingerprint density at radius 3 is 2.61 bits per heavy atom. The van der Waals surface area contributed by atoms with Gasteiger partial charge in [-0.25, -0.2) is 0 Å². The molecule has 0 radical (unpaired) electrons. The highest BCUT2D eigenvalue weighted by atomic mass is 35.5. The minimum Gasteiger partial charge on any atom is -0.378 e. The summed E-state index contributed by atoms with van der Waals surface area (Å²) in [5.41, 5.74) is 3.14. The average Bonchev–Trinajstić information content (AvgIpc) is 2.72. The quantitative estimate of drug-likeness (QED) is 0.755. The number of nitrogens with zero attached hydrogens (tertiary/aromatic N) is 2. The molecule has 1 fully saturated rings. The number of morpholine rings is 1. The largest absolute Gasteiger partial charge is 0.378 e. The highest BCUT2D eigenvalue weighted by Crippen LogP contribution is 2.22. The van der Waals surface area contributed by atoms with E-state index in [2.05, 4.69) is 28.1 Å². The molecule has 1 saturated heterocycles. The van der Waals surface area contributed by atoms with Crippen LogP contribution in [0.2, 0.25) is 5.02 Å². The van der Waals surface area contributed by atoms with Gasteiger partial charge in [0.05, 0.1) is 13.2 Å². The number of hydrogen-bond acceptors (Lipinski definition) is 4. The molecule has 3 rings (SSSR count). The Morgan fingerprint density at radius 2 is 1.93 bits per heavy atom. The molecule has 1 heterocycles. The molecule has 0 spiro atoms. The second-order valence-corrected chi connectivity index (χ2v) is 7.59. The third-order valence-corrected chi connectivity index (χ3v) is 5.45. The number of carbonyl (C=O) groups is 1. The highest BCUT2D eigenvalue weighted by molar-refractivity contribution is 6.30. The molecule has 0 bridgehead atoms. The molecule has 2 aromatic rings. The number of carbonyl (C=O) groups excluding carboxylic acids is 1. The maximum atomic E-state index is 12.3. The third-order valence-electron chi connectivity index (χ3n) is 5.21. The Kier molecular flexibility index (Phi) is 7.31. The smallest absolute Gasteiger partial charge is 0.225 e. The minimum atomic E-state index is 0.0178. The van der Waals surface area contributed by atoms with E-state index >= 15 is 0 Å². The zero-order valence-electron chi connectivity index (χ0n) is 16.5. The van der Waals surface area contributed by atoms with Gasteiger partial charge in [0, 0.05) is 48.5 Å². The van der Waals surface area contributed by atoms with Gasteiger partial charge in [-0.05, 0) is 55.9 Å². The molecule has 2 aromatic carbocycles. The zero-order chi connectivity index (χ0) is 19.9. The number of nitrogens with one attached hydrogen (secondary N) is 1. The Morgan fingerprint density at radius 1 is 1.21 bits per heavy atom. The van der Waals surface area contributed by atoms with Crippen LogP contribution >= 0.6 is 11.6 Å². The molecule has 0 aliphatic carbocycles. The van der Waals surface area contributed by atoms with E-state index in [-0.39, 0.29) is 11.9 Å². The Bertz CT molecular complexity index is 776. The van der Waals surface area contributed by atoms with Crippen LogP contribution in [0.1, 0.15) is 24.9 Å². The molecule has 0 saturated carbocycles. The summed E-state index contributed by atoms with van der Waals surface area (Å²) in [6.07, 6.45) is 0.437. The van der Waals surface area contributed by atoms with Gasteiger partial charge >= 0.3 is 0 Å². The second-order valence-electron chi connectivity index (χ2n) is 7.16. The van der Waals surface area contributed by atoms with Gasteiger partial charge in [-0.15, -0.1) is 0 Å². The lowest BCUT2D eigenvalue weighted by atomic mass is 10.1. The van der Waals surface area contributed by atoms with Crippen molar-refractivity contribution in [1.82, 2.24) is 4.90 Å². The first-order valence-electron chi connectivity index (χ1n) is 9.71. The molecule has 1 amide bonds. The van der Waals surface area contributed by atoms with Gasteiger partial charge in [0.2, 0.25) is 5.91 Å². The summed E-state index contributed by atoms with van der Waals surface area (Å²) in [5.74, 6) is 0.0178. The van der Waals surface area contributed by atoms with Crippen LogP contribution in [-0.4, -0.2) is 50.7 Å². The van der Waals surface area contributed by atoms with Crippen molar-refractivity contribution >= 4 is 28.9 Å². The van der Waals surface area contributed by atoms with E-state index in [1.165, 1.54) is 0 Å². The van der Waals surface area contributed by atoms with Crippen molar-refractivity contribution in [3.63, 3.8) is 0 Å². The van der Waals surface area contributed by atoms with Gasteiger partial charge in [0.1, 0.15) is 0 Å². The lowest BCUT2D eigenvalue weighted by molar-refractivity contribution is -0.116. The predicted molar refractivity (Wildman–Crippen MR) is 115 cm³/mol. The number of amides is 1. The van der Waals surface area contributed by atoms with E-state index in [0.29, 0.717) is 13.0 Å². The Balaban J connectivity index is 1.47. The van der Waals surface area contributed by atoms with Gasteiger partial charge < -0.3 is 15.0 Å². The maximum absolute atomic E-state index is 12.3. The standard InChI is InChI=1S/C22H28ClN3O2/c1-17(18-4-3-5-19(23)16-18)25(2)11-10-22(27)24-20-6-8-21(9-7-20)26-12-14-28-15-13-26/h3-9,16-17H,10-15H2,1-2H3,(H,24,27). The van der Waals surface area contributed by atoms with Crippen molar-refractivity contribution in [2.45, 2.75) is 19.4 Å². The van der Waals surface area contributed by atoms with Gasteiger partial charge in [-0.2, -0.15) is 0 Å². The Hall–Kier alpha value is -2.08. The molecule has 5 nitrogen and oxygen atoms in total. The molecule has 1 aliphatic rings.